The molecule has 0 aromatic heterocycles. The van der Waals surface area contributed by atoms with Gasteiger partial charge in [0, 0.05) is 0 Å². The lowest BCUT2D eigenvalue weighted by atomic mass is 10.1. The summed E-state index contributed by atoms with van der Waals surface area (Å²) in [5.41, 5.74) is 1.74. The van der Waals surface area contributed by atoms with Crippen molar-refractivity contribution in [1.29, 1.82) is 0 Å². The molecule has 0 aliphatic rings. The highest BCUT2D eigenvalue weighted by molar-refractivity contribution is 5.97. The molecule has 2 aromatic rings. The maximum atomic E-state index is 12.1. The molecule has 2 aromatic carbocycles. The minimum atomic E-state index is -0.714. The van der Waals surface area contributed by atoms with Crippen LogP contribution < -0.4 is 0 Å². The number of hydrogen-bond donors (Lipinski definition) is 0. The van der Waals surface area contributed by atoms with Crippen LogP contribution in [0, 0.1) is 12.8 Å². The van der Waals surface area contributed by atoms with Crippen molar-refractivity contribution >= 4 is 17.9 Å². The van der Waals surface area contributed by atoms with Gasteiger partial charge in [-0.3, -0.25) is 4.79 Å². The Kier molecular flexibility index (Phi) is 6.46. The van der Waals surface area contributed by atoms with Gasteiger partial charge < -0.3 is 9.47 Å². The van der Waals surface area contributed by atoms with Crippen LogP contribution in [0.5, 0.6) is 0 Å². The van der Waals surface area contributed by atoms with Crippen LogP contribution in [0.3, 0.4) is 0 Å². The van der Waals surface area contributed by atoms with Gasteiger partial charge in [-0.15, -0.1) is 0 Å². The zero-order valence-electron chi connectivity index (χ0n) is 14.2. The van der Waals surface area contributed by atoms with E-state index in [1.54, 1.807) is 61.5 Å². The molecule has 1 atom stereocenters. The Morgan fingerprint density at radius 3 is 2.08 bits per heavy atom. The van der Waals surface area contributed by atoms with E-state index in [4.69, 9.17) is 9.47 Å². The standard InChI is InChI=1S/C20H20O5/c1-3-15(13-24-18(21)17-11-9-14(2)10-12-17)19(22)25-20(23)16-7-5-4-6-8-16/h4-12,15H,3,13H2,1-2H3. The molecule has 130 valence electrons. The van der Waals surface area contributed by atoms with Gasteiger partial charge in [-0.25, -0.2) is 9.59 Å². The fraction of sp³-hybridized carbons (Fsp3) is 0.250. The fourth-order valence-corrected chi connectivity index (χ4v) is 2.11. The summed E-state index contributed by atoms with van der Waals surface area (Å²) < 4.78 is 10.1. The van der Waals surface area contributed by atoms with E-state index < -0.39 is 23.8 Å². The van der Waals surface area contributed by atoms with Crippen molar-refractivity contribution in [3.63, 3.8) is 0 Å². The van der Waals surface area contributed by atoms with Crippen molar-refractivity contribution < 1.29 is 23.9 Å². The SMILES string of the molecule is CCC(COC(=O)c1ccc(C)cc1)C(=O)OC(=O)c1ccccc1. The first kappa shape index (κ1) is 18.4. The molecule has 5 nitrogen and oxygen atoms in total. The molecule has 1 unspecified atom stereocenters. The van der Waals surface area contributed by atoms with Crippen LogP contribution in [-0.4, -0.2) is 24.5 Å². The third kappa shape index (κ3) is 5.28. The Morgan fingerprint density at radius 2 is 1.48 bits per heavy atom. The Hall–Kier alpha value is -2.95. The summed E-state index contributed by atoms with van der Waals surface area (Å²) >= 11 is 0. The normalized spacial score (nSPS) is 11.4. The predicted octanol–water partition coefficient (Wildman–Crippen LogP) is 3.56. The maximum Gasteiger partial charge on any atom is 0.345 e. The maximum absolute atomic E-state index is 12.1. The molecule has 0 fully saturated rings. The van der Waals surface area contributed by atoms with Crippen molar-refractivity contribution in [3.05, 3.63) is 71.3 Å². The average molecular weight is 340 g/mol. The first-order valence-electron chi connectivity index (χ1n) is 8.06. The van der Waals surface area contributed by atoms with Crippen LogP contribution in [0.25, 0.3) is 0 Å². The number of hydrogen-bond acceptors (Lipinski definition) is 5. The largest absolute Gasteiger partial charge is 0.461 e. The molecule has 5 heteroatoms. The Balaban J connectivity index is 1.90. The zero-order chi connectivity index (χ0) is 18.2. The van der Waals surface area contributed by atoms with Crippen molar-refractivity contribution in [2.75, 3.05) is 6.61 Å². The molecule has 0 heterocycles. The minimum absolute atomic E-state index is 0.135. The van der Waals surface area contributed by atoms with Gasteiger partial charge in [0.2, 0.25) is 0 Å². The summed E-state index contributed by atoms with van der Waals surface area (Å²) in [6, 6.07) is 15.2. The monoisotopic (exact) mass is 340 g/mol. The molecule has 0 radical (unpaired) electrons. The summed E-state index contributed by atoms with van der Waals surface area (Å²) in [5.74, 6) is -2.62. The van der Waals surface area contributed by atoms with Crippen LogP contribution >= 0.6 is 0 Å². The van der Waals surface area contributed by atoms with Gasteiger partial charge in [0.1, 0.15) is 6.61 Å². The summed E-state index contributed by atoms with van der Waals surface area (Å²) in [4.78, 5) is 36.0. The van der Waals surface area contributed by atoms with E-state index in [0.29, 0.717) is 17.5 Å². The third-order valence-electron chi connectivity index (χ3n) is 3.73. The molecular weight excluding hydrogens is 320 g/mol. The highest BCUT2D eigenvalue weighted by atomic mass is 16.6. The van der Waals surface area contributed by atoms with Crippen molar-refractivity contribution in [3.8, 4) is 0 Å². The molecule has 0 saturated heterocycles. The quantitative estimate of drug-likeness (QED) is 0.594. The van der Waals surface area contributed by atoms with E-state index >= 15 is 0 Å². The second-order valence-electron chi connectivity index (χ2n) is 5.64. The van der Waals surface area contributed by atoms with E-state index in [0.717, 1.165) is 5.56 Å². The highest BCUT2D eigenvalue weighted by Crippen LogP contribution is 2.11. The molecule has 0 N–H and O–H groups in total. The first-order chi connectivity index (χ1) is 12.0. The van der Waals surface area contributed by atoms with Crippen molar-refractivity contribution in [1.82, 2.24) is 0 Å². The third-order valence-corrected chi connectivity index (χ3v) is 3.73. The highest BCUT2D eigenvalue weighted by Gasteiger charge is 2.23. The van der Waals surface area contributed by atoms with Crippen LogP contribution in [0.15, 0.2) is 54.6 Å². The number of ether oxygens (including phenoxy) is 2. The average Bonchev–Trinajstić information content (AvgIpc) is 2.63. The zero-order valence-corrected chi connectivity index (χ0v) is 14.2. The minimum Gasteiger partial charge on any atom is -0.461 e. The van der Waals surface area contributed by atoms with Gasteiger partial charge in [-0.05, 0) is 37.6 Å². The summed E-state index contributed by atoms with van der Waals surface area (Å²) in [6.07, 6.45) is 0.391. The lowest BCUT2D eigenvalue weighted by Crippen LogP contribution is -2.26. The second kappa shape index (κ2) is 8.78. The van der Waals surface area contributed by atoms with Crippen LogP contribution in [0.1, 0.15) is 39.6 Å². The smallest absolute Gasteiger partial charge is 0.345 e. The van der Waals surface area contributed by atoms with Gasteiger partial charge in [0.25, 0.3) is 0 Å². The number of carbonyl (C=O) groups is 3. The molecule has 2 rings (SSSR count). The van der Waals surface area contributed by atoms with Crippen LogP contribution in [-0.2, 0) is 14.3 Å². The Bertz CT molecular complexity index is 734. The fourth-order valence-electron chi connectivity index (χ4n) is 2.11. The van der Waals surface area contributed by atoms with Gasteiger partial charge in [-0.1, -0.05) is 42.8 Å². The molecule has 0 bridgehead atoms. The molecule has 0 aliphatic carbocycles. The number of rotatable bonds is 6. The summed E-state index contributed by atoms with van der Waals surface area (Å²) in [7, 11) is 0. The van der Waals surface area contributed by atoms with E-state index in [1.165, 1.54) is 0 Å². The number of carbonyl (C=O) groups excluding carboxylic acids is 3. The predicted molar refractivity (Wildman–Crippen MR) is 92.1 cm³/mol. The summed E-state index contributed by atoms with van der Waals surface area (Å²) in [6.45, 7) is 3.55. The Morgan fingerprint density at radius 1 is 0.880 bits per heavy atom. The second-order valence-corrected chi connectivity index (χ2v) is 5.64. The molecule has 0 saturated carbocycles. The van der Waals surface area contributed by atoms with Crippen molar-refractivity contribution in [2.24, 2.45) is 5.92 Å². The van der Waals surface area contributed by atoms with Crippen LogP contribution in [0.4, 0.5) is 0 Å². The summed E-state index contributed by atoms with van der Waals surface area (Å²) in [5, 5.41) is 0. The van der Waals surface area contributed by atoms with Crippen molar-refractivity contribution in [2.45, 2.75) is 20.3 Å². The van der Waals surface area contributed by atoms with Gasteiger partial charge in [0.15, 0.2) is 0 Å². The van der Waals surface area contributed by atoms with Crippen LogP contribution in [0.2, 0.25) is 0 Å². The topological polar surface area (TPSA) is 69.7 Å². The van der Waals surface area contributed by atoms with E-state index in [2.05, 4.69) is 0 Å². The van der Waals surface area contributed by atoms with Gasteiger partial charge >= 0.3 is 17.9 Å². The molecule has 0 aliphatic heterocycles. The van der Waals surface area contributed by atoms with E-state index in [9.17, 15) is 14.4 Å². The van der Waals surface area contributed by atoms with Gasteiger partial charge in [-0.2, -0.15) is 0 Å². The molecule has 0 spiro atoms. The molecular formula is C20H20O5. The van der Waals surface area contributed by atoms with Gasteiger partial charge in [0.05, 0.1) is 17.0 Å². The van der Waals surface area contributed by atoms with E-state index in [-0.39, 0.29) is 6.61 Å². The lowest BCUT2D eigenvalue weighted by molar-refractivity contribution is -0.144. The number of benzene rings is 2. The lowest BCUT2D eigenvalue weighted by Gasteiger charge is -2.13. The first-order valence-corrected chi connectivity index (χ1v) is 8.06. The number of esters is 3. The molecule has 25 heavy (non-hydrogen) atoms. The Labute approximate surface area is 146 Å². The number of aryl methyl sites for hydroxylation is 1. The van der Waals surface area contributed by atoms with E-state index in [1.807, 2.05) is 6.92 Å². The molecule has 0 amide bonds.